The zero-order valence-electron chi connectivity index (χ0n) is 8.98. The monoisotopic (exact) mass is 204 g/mol. The van der Waals surface area contributed by atoms with Crippen molar-refractivity contribution in [2.75, 3.05) is 0 Å². The molecule has 3 atom stereocenters. The van der Waals surface area contributed by atoms with E-state index in [0.29, 0.717) is 11.8 Å². The Balaban J connectivity index is 2.12. The van der Waals surface area contributed by atoms with Gasteiger partial charge in [-0.1, -0.05) is 31.6 Å². The number of fused-ring (bicyclic) bond motifs is 1. The summed E-state index contributed by atoms with van der Waals surface area (Å²) in [6.07, 6.45) is 17.1. The lowest BCUT2D eigenvalue weighted by molar-refractivity contribution is -0.286. The van der Waals surface area contributed by atoms with Crippen LogP contribution in [0.3, 0.4) is 0 Å². The van der Waals surface area contributed by atoms with E-state index >= 15 is 0 Å². The lowest BCUT2D eigenvalue weighted by Gasteiger charge is -2.35. The zero-order chi connectivity index (χ0) is 10.7. The summed E-state index contributed by atoms with van der Waals surface area (Å²) in [4.78, 5) is 9.91. The molecule has 0 saturated carbocycles. The molecular weight excluding hydrogens is 188 g/mol. The molecule has 0 radical (unpaired) electrons. The maximum absolute atomic E-state index is 5.26. The summed E-state index contributed by atoms with van der Waals surface area (Å²) in [7, 11) is 0. The summed E-state index contributed by atoms with van der Waals surface area (Å²) < 4.78 is 0. The lowest BCUT2D eigenvalue weighted by atomic mass is 9.73. The first-order valence-electron chi connectivity index (χ1n) is 5.47. The van der Waals surface area contributed by atoms with Gasteiger partial charge < -0.3 is 0 Å². The standard InChI is InChI=1S/C13H16O2/c1-3-14-15-12-9-5-8-11-7-4-6-10(2)13(11)12/h1,4,7-8,10,12-13H,5-6,9H2,2H3. The van der Waals surface area contributed by atoms with Gasteiger partial charge in [0, 0.05) is 5.92 Å². The molecule has 0 aromatic heterocycles. The van der Waals surface area contributed by atoms with E-state index in [-0.39, 0.29) is 6.10 Å². The summed E-state index contributed by atoms with van der Waals surface area (Å²) in [5, 5.41) is 0. The fraction of sp³-hybridized carbons (Fsp3) is 0.538. The molecule has 0 N–H and O–H groups in total. The Hall–Kier alpha value is -1.20. The first kappa shape index (κ1) is 10.3. The highest BCUT2D eigenvalue weighted by Crippen LogP contribution is 2.38. The van der Waals surface area contributed by atoms with E-state index in [1.54, 1.807) is 0 Å². The molecule has 0 fully saturated rings. The summed E-state index contributed by atoms with van der Waals surface area (Å²) in [5.74, 6) is 1.05. The van der Waals surface area contributed by atoms with Gasteiger partial charge in [0.05, 0.1) is 0 Å². The molecule has 0 saturated heterocycles. The Morgan fingerprint density at radius 3 is 3.20 bits per heavy atom. The van der Waals surface area contributed by atoms with Gasteiger partial charge in [-0.2, -0.15) is 4.89 Å². The third-order valence-corrected chi connectivity index (χ3v) is 3.27. The van der Waals surface area contributed by atoms with Crippen molar-refractivity contribution in [2.24, 2.45) is 11.8 Å². The van der Waals surface area contributed by atoms with E-state index in [4.69, 9.17) is 11.3 Å². The van der Waals surface area contributed by atoms with Gasteiger partial charge in [0.2, 0.25) is 0 Å². The number of rotatable bonds is 2. The second-order valence-corrected chi connectivity index (χ2v) is 4.26. The Morgan fingerprint density at radius 1 is 1.53 bits per heavy atom. The van der Waals surface area contributed by atoms with Crippen molar-refractivity contribution in [3.63, 3.8) is 0 Å². The number of terminal acetylenes is 1. The van der Waals surface area contributed by atoms with Crippen molar-refractivity contribution < 1.29 is 9.78 Å². The highest BCUT2D eigenvalue weighted by Gasteiger charge is 2.34. The molecule has 80 valence electrons. The predicted molar refractivity (Wildman–Crippen MR) is 58.5 cm³/mol. The van der Waals surface area contributed by atoms with Crippen molar-refractivity contribution in [2.45, 2.75) is 32.3 Å². The van der Waals surface area contributed by atoms with E-state index in [0.717, 1.165) is 19.3 Å². The zero-order valence-corrected chi connectivity index (χ0v) is 8.98. The predicted octanol–water partition coefficient (Wildman–Crippen LogP) is 2.83. The summed E-state index contributed by atoms with van der Waals surface area (Å²) in [6.45, 7) is 2.25. The van der Waals surface area contributed by atoms with Gasteiger partial charge in [-0.05, 0) is 30.8 Å². The second-order valence-electron chi connectivity index (χ2n) is 4.26. The molecule has 2 aliphatic carbocycles. The van der Waals surface area contributed by atoms with Crippen LogP contribution in [0.15, 0.2) is 23.8 Å². The Labute approximate surface area is 90.9 Å². The van der Waals surface area contributed by atoms with Gasteiger partial charge in [0.25, 0.3) is 0 Å². The van der Waals surface area contributed by atoms with Crippen LogP contribution in [-0.2, 0) is 9.78 Å². The maximum Gasteiger partial charge on any atom is 0.153 e. The molecule has 3 unspecified atom stereocenters. The van der Waals surface area contributed by atoms with Crippen molar-refractivity contribution in [3.05, 3.63) is 23.8 Å². The molecule has 0 amide bonds. The molecule has 2 nitrogen and oxygen atoms in total. The van der Waals surface area contributed by atoms with Gasteiger partial charge in [-0.15, -0.1) is 0 Å². The van der Waals surface area contributed by atoms with Gasteiger partial charge in [0.15, 0.2) is 6.11 Å². The molecule has 0 aromatic carbocycles. The molecule has 15 heavy (non-hydrogen) atoms. The van der Waals surface area contributed by atoms with E-state index in [1.807, 2.05) is 0 Å². The normalized spacial score (nSPS) is 33.9. The van der Waals surface area contributed by atoms with Crippen molar-refractivity contribution in [3.8, 4) is 12.5 Å². The van der Waals surface area contributed by atoms with Gasteiger partial charge in [-0.3, -0.25) is 4.89 Å². The van der Waals surface area contributed by atoms with Crippen LogP contribution in [-0.4, -0.2) is 6.10 Å². The SMILES string of the molecule is C#COOC1CCC=C2C=CCC(C)C21. The van der Waals surface area contributed by atoms with Crippen LogP contribution in [0, 0.1) is 24.4 Å². The Bertz CT molecular complexity index is 322. The van der Waals surface area contributed by atoms with Crippen LogP contribution >= 0.6 is 0 Å². The molecule has 0 aromatic rings. The largest absolute Gasteiger partial charge is 0.282 e. The summed E-state index contributed by atoms with van der Waals surface area (Å²) in [6, 6.07) is 0. The average molecular weight is 204 g/mol. The number of hydrogen-bond acceptors (Lipinski definition) is 2. The lowest BCUT2D eigenvalue weighted by Crippen LogP contribution is -2.33. The Morgan fingerprint density at radius 2 is 2.40 bits per heavy atom. The smallest absolute Gasteiger partial charge is 0.153 e. The fourth-order valence-corrected chi connectivity index (χ4v) is 2.58. The van der Waals surface area contributed by atoms with Crippen LogP contribution in [0.25, 0.3) is 0 Å². The third kappa shape index (κ3) is 2.08. The minimum Gasteiger partial charge on any atom is -0.282 e. The molecule has 0 bridgehead atoms. The summed E-state index contributed by atoms with van der Waals surface area (Å²) >= 11 is 0. The number of hydrogen-bond donors (Lipinski definition) is 0. The Kier molecular flexibility index (Phi) is 3.13. The van der Waals surface area contributed by atoms with Gasteiger partial charge in [0.1, 0.15) is 6.10 Å². The first-order chi connectivity index (χ1) is 7.33. The minimum atomic E-state index is 0.112. The van der Waals surface area contributed by atoms with Gasteiger partial charge in [-0.25, -0.2) is 0 Å². The maximum atomic E-state index is 5.26. The average Bonchev–Trinajstić information content (AvgIpc) is 2.26. The van der Waals surface area contributed by atoms with Crippen LogP contribution in [0.2, 0.25) is 0 Å². The molecule has 2 aliphatic rings. The summed E-state index contributed by atoms with van der Waals surface area (Å²) in [5.41, 5.74) is 1.38. The third-order valence-electron chi connectivity index (χ3n) is 3.27. The van der Waals surface area contributed by atoms with Crippen molar-refractivity contribution in [1.29, 1.82) is 0 Å². The van der Waals surface area contributed by atoms with Crippen LogP contribution in [0.1, 0.15) is 26.2 Å². The first-order valence-corrected chi connectivity index (χ1v) is 5.47. The highest BCUT2D eigenvalue weighted by molar-refractivity contribution is 5.28. The van der Waals surface area contributed by atoms with E-state index in [2.05, 4.69) is 36.1 Å². The second kappa shape index (κ2) is 4.55. The van der Waals surface area contributed by atoms with Crippen LogP contribution in [0.4, 0.5) is 0 Å². The van der Waals surface area contributed by atoms with E-state index in [1.165, 1.54) is 5.57 Å². The topological polar surface area (TPSA) is 18.5 Å². The minimum absolute atomic E-state index is 0.112. The van der Waals surface area contributed by atoms with Crippen LogP contribution < -0.4 is 0 Å². The molecule has 2 heteroatoms. The molecule has 2 rings (SSSR count). The van der Waals surface area contributed by atoms with E-state index in [9.17, 15) is 0 Å². The molecule has 0 aliphatic heterocycles. The number of allylic oxidation sites excluding steroid dienone is 3. The fourth-order valence-electron chi connectivity index (χ4n) is 2.58. The van der Waals surface area contributed by atoms with Crippen molar-refractivity contribution in [1.82, 2.24) is 0 Å². The quantitative estimate of drug-likeness (QED) is 0.391. The molecule has 0 heterocycles. The van der Waals surface area contributed by atoms with E-state index < -0.39 is 0 Å². The highest BCUT2D eigenvalue weighted by atomic mass is 17.2. The van der Waals surface area contributed by atoms with Crippen molar-refractivity contribution >= 4 is 0 Å². The van der Waals surface area contributed by atoms with Gasteiger partial charge >= 0.3 is 0 Å². The molecular formula is C13H16O2. The van der Waals surface area contributed by atoms with Crippen LogP contribution in [0.5, 0.6) is 0 Å². The molecule has 0 spiro atoms.